The minimum atomic E-state index is -0.566. The van der Waals surface area contributed by atoms with E-state index in [2.05, 4.69) is 436 Å². The molecule has 21 aromatic rings. The summed E-state index contributed by atoms with van der Waals surface area (Å²) in [5.41, 5.74) is 38.5. The van der Waals surface area contributed by atoms with Crippen molar-refractivity contribution in [3.8, 4) is 100 Å². The van der Waals surface area contributed by atoms with Gasteiger partial charge in [-0.15, -0.1) is 0 Å². The van der Waals surface area contributed by atoms with E-state index in [0.717, 1.165) is 106 Å². The number of anilines is 6. The number of fused-ring (bicyclic) bond motifs is 13. The third-order valence-electron chi connectivity index (χ3n) is 25.6. The van der Waals surface area contributed by atoms with E-state index >= 15 is 0 Å². The van der Waals surface area contributed by atoms with Crippen LogP contribution in [0.3, 0.4) is 0 Å². The Bertz CT molecular complexity index is 7530. The van der Waals surface area contributed by atoms with Crippen molar-refractivity contribution in [2.24, 2.45) is 0 Å². The zero-order chi connectivity index (χ0) is 79.6. The Kier molecular flexibility index (Phi) is 16.5. The molecule has 4 heteroatoms. The molecule has 2 aliphatic rings. The fourth-order valence-electron chi connectivity index (χ4n) is 19.5. The van der Waals surface area contributed by atoms with E-state index in [0.29, 0.717) is 0 Å². The first-order chi connectivity index (χ1) is 59.2. The van der Waals surface area contributed by atoms with Crippen LogP contribution in [-0.2, 0) is 10.8 Å². The van der Waals surface area contributed by atoms with Gasteiger partial charge in [0, 0.05) is 61.1 Å². The lowest BCUT2D eigenvalue weighted by atomic mass is 9.67. The molecule has 23 rings (SSSR count). The summed E-state index contributed by atoms with van der Waals surface area (Å²) >= 11 is 0. The second-order valence-corrected chi connectivity index (χ2v) is 32.7. The third kappa shape index (κ3) is 11.7. The standard InChI is InChI=1S/C116H78N2O2/c1-115(2)108-72-90(52-62-100(108)101-63-60-97(73-109(101)115)117(93-25-10-5-11-26-93)94-55-47-79(48-56-94)77-35-33-75(34-36-77)76-37-41-81(42-38-76)88-53-65-113-105(70-88)103-28-13-16-31-111(103)119-113)84-20-18-19-83(67-84)85-45-46-87-69-96(59-51-86(87)68-85)118(95-57-49-80(50-58-95)78-39-43-82(44-40-78)89-54-66-114-106(71-89)104-29-14-17-32-112(104)120-114)98-61-64-102-99-27-12-15-30-107(99)116(110(102)74-98,91-21-6-3-7-22-91)92-23-8-4-9-24-92/h3-74H,1-2H3. The van der Waals surface area contributed by atoms with Gasteiger partial charge >= 0.3 is 0 Å². The van der Waals surface area contributed by atoms with Gasteiger partial charge < -0.3 is 18.6 Å². The summed E-state index contributed by atoms with van der Waals surface area (Å²) in [5.74, 6) is 0. The summed E-state index contributed by atoms with van der Waals surface area (Å²) in [4.78, 5) is 4.84. The summed E-state index contributed by atoms with van der Waals surface area (Å²) < 4.78 is 12.3. The van der Waals surface area contributed by atoms with E-state index in [1.165, 1.54) is 117 Å². The number of hydrogen-bond donors (Lipinski definition) is 0. The molecule has 120 heavy (non-hydrogen) atoms. The lowest BCUT2D eigenvalue weighted by Crippen LogP contribution is -2.28. The van der Waals surface area contributed by atoms with Crippen molar-refractivity contribution < 1.29 is 8.83 Å². The highest BCUT2D eigenvalue weighted by Gasteiger charge is 2.46. The van der Waals surface area contributed by atoms with Gasteiger partial charge in [-0.25, -0.2) is 0 Å². The largest absolute Gasteiger partial charge is 0.456 e. The van der Waals surface area contributed by atoms with Crippen LogP contribution in [0.1, 0.15) is 47.2 Å². The van der Waals surface area contributed by atoms with Crippen molar-refractivity contribution in [2.45, 2.75) is 24.7 Å². The van der Waals surface area contributed by atoms with Crippen LogP contribution in [0.15, 0.2) is 446 Å². The smallest absolute Gasteiger partial charge is 0.135 e. The van der Waals surface area contributed by atoms with Crippen LogP contribution in [0.2, 0.25) is 0 Å². The molecule has 564 valence electrons. The van der Waals surface area contributed by atoms with Gasteiger partial charge in [-0.05, 0) is 272 Å². The molecule has 0 spiro atoms. The SMILES string of the molecule is CC1(C)c2cc(-c3cccc(-c4ccc5cc(N(c6ccc(-c7ccc(-c8ccc9oc%10ccccc%10c9c8)cc7)cc6)c6ccc7c(c6)C(c6ccccc6)(c6ccccc6)c6ccccc6-7)ccc5c4)c3)ccc2-c2ccc(N(c3ccccc3)c3ccc(-c4ccc(-c5ccc(-c6ccc7oc8ccccc8c7c6)cc5)cc4)cc3)cc21. The minimum absolute atomic E-state index is 0.278. The molecular weight excluding hydrogens is 1450 g/mol. The fourth-order valence-corrected chi connectivity index (χ4v) is 19.5. The lowest BCUT2D eigenvalue weighted by molar-refractivity contribution is 0.660. The second-order valence-electron chi connectivity index (χ2n) is 32.7. The lowest BCUT2D eigenvalue weighted by Gasteiger charge is -2.35. The van der Waals surface area contributed by atoms with Crippen molar-refractivity contribution >= 4 is 88.8 Å². The molecular formula is C116H78N2O2. The Morgan fingerprint density at radius 2 is 0.500 bits per heavy atom. The van der Waals surface area contributed by atoms with E-state index in [4.69, 9.17) is 8.83 Å². The molecule has 0 radical (unpaired) electrons. The van der Waals surface area contributed by atoms with Gasteiger partial charge in [-0.3, -0.25) is 0 Å². The molecule has 0 N–H and O–H groups in total. The fraction of sp³-hybridized carbons (Fsp3) is 0.0345. The minimum Gasteiger partial charge on any atom is -0.456 e. The number of furan rings is 2. The molecule has 0 saturated heterocycles. The van der Waals surface area contributed by atoms with Crippen LogP contribution in [0.25, 0.3) is 155 Å². The zero-order valence-corrected chi connectivity index (χ0v) is 66.3. The molecule has 0 unspecified atom stereocenters. The van der Waals surface area contributed by atoms with Gasteiger partial charge in [-0.1, -0.05) is 323 Å². The van der Waals surface area contributed by atoms with Crippen molar-refractivity contribution in [1.29, 1.82) is 0 Å². The molecule has 0 bridgehead atoms. The molecule has 2 aliphatic carbocycles. The monoisotopic (exact) mass is 1530 g/mol. The highest BCUT2D eigenvalue weighted by molar-refractivity contribution is 6.08. The number of hydrogen-bond acceptors (Lipinski definition) is 4. The van der Waals surface area contributed by atoms with Gasteiger partial charge in [0.2, 0.25) is 0 Å². The van der Waals surface area contributed by atoms with Crippen LogP contribution in [0.5, 0.6) is 0 Å². The number of para-hydroxylation sites is 3. The van der Waals surface area contributed by atoms with Crippen molar-refractivity contribution in [3.63, 3.8) is 0 Å². The summed E-state index contributed by atoms with van der Waals surface area (Å²) in [7, 11) is 0. The first-order valence-electron chi connectivity index (χ1n) is 41.5. The summed E-state index contributed by atoms with van der Waals surface area (Å²) in [6, 6.07) is 161. The van der Waals surface area contributed by atoms with Crippen LogP contribution in [0.4, 0.5) is 34.1 Å². The first-order valence-corrected chi connectivity index (χ1v) is 41.5. The Hall–Kier alpha value is -15.4. The van der Waals surface area contributed by atoms with E-state index < -0.39 is 5.41 Å². The quantitative estimate of drug-likeness (QED) is 0.102. The highest BCUT2D eigenvalue weighted by Crippen LogP contribution is 2.58. The van der Waals surface area contributed by atoms with E-state index in [1.54, 1.807) is 0 Å². The Morgan fingerprint density at radius 3 is 1.03 bits per heavy atom. The van der Waals surface area contributed by atoms with Gasteiger partial charge in [-0.2, -0.15) is 0 Å². The van der Waals surface area contributed by atoms with Crippen molar-refractivity contribution in [3.05, 3.63) is 470 Å². The average molecular weight is 1530 g/mol. The number of rotatable bonds is 15. The molecule has 0 atom stereocenters. The average Bonchev–Trinajstić information content (AvgIpc) is 1.53. The molecule has 19 aromatic carbocycles. The van der Waals surface area contributed by atoms with E-state index in [1.807, 2.05) is 24.3 Å². The van der Waals surface area contributed by atoms with Gasteiger partial charge in [0.1, 0.15) is 22.3 Å². The highest BCUT2D eigenvalue weighted by atomic mass is 16.3. The number of benzene rings is 19. The molecule has 0 saturated carbocycles. The molecule has 0 fully saturated rings. The maximum absolute atomic E-state index is 6.19. The molecule has 2 heterocycles. The molecule has 2 aromatic heterocycles. The third-order valence-corrected chi connectivity index (χ3v) is 25.6. The Labute approximate surface area is 697 Å². The summed E-state index contributed by atoms with van der Waals surface area (Å²) in [6.07, 6.45) is 0. The van der Waals surface area contributed by atoms with E-state index in [9.17, 15) is 0 Å². The Balaban J connectivity index is 0.530. The predicted octanol–water partition coefficient (Wildman–Crippen LogP) is 31.9. The van der Waals surface area contributed by atoms with E-state index in [-0.39, 0.29) is 5.41 Å². The van der Waals surface area contributed by atoms with Crippen LogP contribution in [0, 0.1) is 0 Å². The molecule has 0 aliphatic heterocycles. The first kappa shape index (κ1) is 70.1. The Morgan fingerprint density at radius 1 is 0.183 bits per heavy atom. The topological polar surface area (TPSA) is 32.8 Å². The maximum Gasteiger partial charge on any atom is 0.135 e. The summed E-state index contributed by atoms with van der Waals surface area (Å²) in [6.45, 7) is 4.79. The molecule has 4 nitrogen and oxygen atoms in total. The zero-order valence-electron chi connectivity index (χ0n) is 66.3. The van der Waals surface area contributed by atoms with Crippen LogP contribution < -0.4 is 9.80 Å². The number of nitrogens with zero attached hydrogens (tertiary/aromatic N) is 2. The van der Waals surface area contributed by atoms with Crippen LogP contribution >= 0.6 is 0 Å². The van der Waals surface area contributed by atoms with Gasteiger partial charge in [0.25, 0.3) is 0 Å². The van der Waals surface area contributed by atoms with Gasteiger partial charge in [0.05, 0.1) is 5.41 Å². The molecule has 0 amide bonds. The summed E-state index contributed by atoms with van der Waals surface area (Å²) in [5, 5.41) is 6.87. The van der Waals surface area contributed by atoms with Crippen molar-refractivity contribution in [2.75, 3.05) is 9.80 Å². The predicted molar refractivity (Wildman–Crippen MR) is 501 cm³/mol. The van der Waals surface area contributed by atoms with Gasteiger partial charge in [0.15, 0.2) is 0 Å². The second kappa shape index (κ2) is 28.2. The van der Waals surface area contributed by atoms with Crippen molar-refractivity contribution in [1.82, 2.24) is 0 Å². The normalized spacial score (nSPS) is 12.9. The van der Waals surface area contributed by atoms with Crippen LogP contribution in [-0.4, -0.2) is 0 Å². The maximum atomic E-state index is 6.19.